The Bertz CT molecular complexity index is 889. The minimum atomic E-state index is -0.498. The molecule has 0 aliphatic rings. The van der Waals surface area contributed by atoms with E-state index in [2.05, 4.69) is 10.3 Å². The number of esters is 1. The Balaban J connectivity index is 1.78. The van der Waals surface area contributed by atoms with Gasteiger partial charge in [0.25, 0.3) is 0 Å². The molecule has 5 nitrogen and oxygen atoms in total. The number of carbonyl (C=O) groups is 1. The van der Waals surface area contributed by atoms with Crippen LogP contribution in [-0.4, -0.2) is 22.1 Å². The fourth-order valence-corrected chi connectivity index (χ4v) is 2.62. The van der Waals surface area contributed by atoms with Gasteiger partial charge in [0.15, 0.2) is 0 Å². The largest absolute Gasteiger partial charge is 0.456 e. The molecule has 0 fully saturated rings. The number of nitrogens with one attached hydrogen (secondary N) is 1. The number of anilines is 1. The number of hydrogen-bond acceptors (Lipinski definition) is 4. The molecule has 0 aliphatic carbocycles. The van der Waals surface area contributed by atoms with E-state index in [1.165, 1.54) is 12.1 Å². The summed E-state index contributed by atoms with van der Waals surface area (Å²) in [5.41, 5.74) is 2.68. The third-order valence-electron chi connectivity index (χ3n) is 3.72. The lowest BCUT2D eigenvalue weighted by Gasteiger charge is -2.06. The Kier molecular flexibility index (Phi) is 4.46. The Hall–Kier alpha value is -2.89. The smallest absolute Gasteiger partial charge is 0.340 e. The summed E-state index contributed by atoms with van der Waals surface area (Å²) in [5.74, 6) is -0.885. The highest BCUT2D eigenvalue weighted by molar-refractivity contribution is 6.04. The lowest BCUT2D eigenvalue weighted by atomic mass is 10.2. The van der Waals surface area contributed by atoms with E-state index in [9.17, 15) is 9.18 Å². The van der Waals surface area contributed by atoms with E-state index in [0.29, 0.717) is 16.6 Å². The van der Waals surface area contributed by atoms with E-state index in [1.807, 2.05) is 19.1 Å². The number of aromatic nitrogens is 2. The van der Waals surface area contributed by atoms with Crippen LogP contribution in [-0.2, 0) is 18.4 Å². The highest BCUT2D eigenvalue weighted by Crippen LogP contribution is 2.23. The van der Waals surface area contributed by atoms with Crippen LogP contribution in [0.3, 0.4) is 0 Å². The second-order valence-corrected chi connectivity index (χ2v) is 5.46. The number of nitrogens with zero attached hydrogens (tertiary/aromatic N) is 2. The molecule has 6 heteroatoms. The second kappa shape index (κ2) is 6.70. The maximum absolute atomic E-state index is 13.5. The summed E-state index contributed by atoms with van der Waals surface area (Å²) in [4.78, 5) is 16.6. The van der Waals surface area contributed by atoms with Crippen molar-refractivity contribution >= 4 is 22.6 Å². The van der Waals surface area contributed by atoms with Gasteiger partial charge in [0.2, 0.25) is 0 Å². The van der Waals surface area contributed by atoms with E-state index in [-0.39, 0.29) is 12.4 Å². The summed E-state index contributed by atoms with van der Waals surface area (Å²) in [6.45, 7) is 2.86. The number of aryl methyl sites for hydroxylation is 1. The second-order valence-electron chi connectivity index (χ2n) is 5.46. The lowest BCUT2D eigenvalue weighted by Crippen LogP contribution is -2.06. The van der Waals surface area contributed by atoms with Crippen molar-refractivity contribution in [1.29, 1.82) is 0 Å². The van der Waals surface area contributed by atoms with E-state index >= 15 is 0 Å². The molecular formula is C18H18FN3O2. The number of halogens is 1. The van der Waals surface area contributed by atoms with Crippen molar-refractivity contribution in [2.75, 3.05) is 11.9 Å². The van der Waals surface area contributed by atoms with Crippen LogP contribution in [0.15, 0.2) is 42.7 Å². The monoisotopic (exact) mass is 327 g/mol. The molecule has 0 bridgehead atoms. The summed E-state index contributed by atoms with van der Waals surface area (Å²) in [5, 5.41) is 3.71. The van der Waals surface area contributed by atoms with Gasteiger partial charge in [-0.25, -0.2) is 9.18 Å². The van der Waals surface area contributed by atoms with Gasteiger partial charge in [0, 0.05) is 42.6 Å². The summed E-state index contributed by atoms with van der Waals surface area (Å²) in [6.07, 6.45) is 3.31. The van der Waals surface area contributed by atoms with Gasteiger partial charge in [-0.15, -0.1) is 0 Å². The molecule has 3 aromatic rings. The van der Waals surface area contributed by atoms with Crippen molar-refractivity contribution < 1.29 is 13.9 Å². The minimum Gasteiger partial charge on any atom is -0.456 e. The first-order valence-electron chi connectivity index (χ1n) is 7.69. The van der Waals surface area contributed by atoms with Gasteiger partial charge in [-0.1, -0.05) is 0 Å². The van der Waals surface area contributed by atoms with Crippen LogP contribution >= 0.6 is 0 Å². The molecule has 2 heterocycles. The van der Waals surface area contributed by atoms with Gasteiger partial charge in [0.05, 0.1) is 11.3 Å². The number of benzene rings is 1. The molecule has 0 amide bonds. The zero-order valence-corrected chi connectivity index (χ0v) is 13.5. The molecule has 124 valence electrons. The molecule has 0 radical (unpaired) electrons. The maximum atomic E-state index is 13.5. The molecule has 0 unspecified atom stereocenters. The fraction of sp³-hybridized carbons (Fsp3) is 0.222. The minimum absolute atomic E-state index is 0.0593. The first-order valence-corrected chi connectivity index (χ1v) is 7.69. The summed E-state index contributed by atoms with van der Waals surface area (Å²) in [6, 6.07) is 8.04. The van der Waals surface area contributed by atoms with Crippen molar-refractivity contribution in [2.45, 2.75) is 13.5 Å². The number of fused-ring (bicyclic) bond motifs is 1. The van der Waals surface area contributed by atoms with Crippen molar-refractivity contribution in [3.8, 4) is 0 Å². The van der Waals surface area contributed by atoms with Gasteiger partial charge in [-0.2, -0.15) is 0 Å². The number of pyridine rings is 1. The molecular weight excluding hydrogens is 309 g/mol. The van der Waals surface area contributed by atoms with Crippen molar-refractivity contribution in [3.63, 3.8) is 0 Å². The first kappa shape index (κ1) is 16.0. The van der Waals surface area contributed by atoms with E-state index in [0.717, 1.165) is 17.7 Å². The SMILES string of the molecule is CCNc1ccnc(COC(=O)c2cn(C)c3ccc(F)cc23)c1. The molecule has 0 aliphatic heterocycles. The van der Waals surface area contributed by atoms with Crippen molar-refractivity contribution in [3.05, 3.63) is 59.8 Å². The number of carbonyl (C=O) groups excluding carboxylic acids is 1. The van der Waals surface area contributed by atoms with Gasteiger partial charge < -0.3 is 14.6 Å². The topological polar surface area (TPSA) is 56.2 Å². The molecule has 0 atom stereocenters. The highest BCUT2D eigenvalue weighted by Gasteiger charge is 2.16. The van der Waals surface area contributed by atoms with E-state index < -0.39 is 5.97 Å². The third-order valence-corrected chi connectivity index (χ3v) is 3.72. The van der Waals surface area contributed by atoms with Crippen molar-refractivity contribution in [1.82, 2.24) is 9.55 Å². The Morgan fingerprint density at radius 1 is 1.33 bits per heavy atom. The molecule has 1 N–H and O–H groups in total. The van der Waals surface area contributed by atoms with Gasteiger partial charge in [-0.3, -0.25) is 4.98 Å². The van der Waals surface area contributed by atoms with Crippen LogP contribution in [0.4, 0.5) is 10.1 Å². The van der Waals surface area contributed by atoms with E-state index in [1.54, 1.807) is 30.1 Å². The molecule has 0 spiro atoms. The fourth-order valence-electron chi connectivity index (χ4n) is 2.62. The molecule has 3 rings (SSSR count). The highest BCUT2D eigenvalue weighted by atomic mass is 19.1. The predicted molar refractivity (Wildman–Crippen MR) is 90.4 cm³/mol. The number of hydrogen-bond donors (Lipinski definition) is 1. The number of ether oxygens (including phenoxy) is 1. The Morgan fingerprint density at radius 2 is 2.17 bits per heavy atom. The van der Waals surface area contributed by atoms with Crippen LogP contribution < -0.4 is 5.32 Å². The van der Waals surface area contributed by atoms with Crippen LogP contribution in [0.1, 0.15) is 23.0 Å². The zero-order valence-electron chi connectivity index (χ0n) is 13.5. The average Bonchev–Trinajstić information content (AvgIpc) is 2.89. The molecule has 24 heavy (non-hydrogen) atoms. The standard InChI is InChI=1S/C18H18FN3O2/c1-3-20-13-6-7-21-14(9-13)11-24-18(23)16-10-22(2)17-5-4-12(19)8-15(16)17/h4-10H,3,11H2,1-2H3,(H,20,21). The summed E-state index contributed by atoms with van der Waals surface area (Å²) < 4.78 is 20.6. The lowest BCUT2D eigenvalue weighted by molar-refractivity contribution is 0.0470. The zero-order chi connectivity index (χ0) is 17.1. The quantitative estimate of drug-likeness (QED) is 0.729. The summed E-state index contributed by atoms with van der Waals surface area (Å²) >= 11 is 0. The molecule has 2 aromatic heterocycles. The average molecular weight is 327 g/mol. The first-order chi connectivity index (χ1) is 11.6. The molecule has 1 aromatic carbocycles. The van der Waals surface area contributed by atoms with Gasteiger partial charge >= 0.3 is 5.97 Å². The third kappa shape index (κ3) is 3.22. The van der Waals surface area contributed by atoms with Gasteiger partial charge in [0.1, 0.15) is 12.4 Å². The summed E-state index contributed by atoms with van der Waals surface area (Å²) in [7, 11) is 1.80. The predicted octanol–water partition coefficient (Wildman–Crippen LogP) is 3.50. The molecule has 0 saturated heterocycles. The van der Waals surface area contributed by atoms with Crippen LogP contribution in [0.25, 0.3) is 10.9 Å². The maximum Gasteiger partial charge on any atom is 0.340 e. The normalized spacial score (nSPS) is 10.8. The van der Waals surface area contributed by atoms with Gasteiger partial charge in [-0.05, 0) is 37.3 Å². The van der Waals surface area contributed by atoms with Crippen LogP contribution in [0.2, 0.25) is 0 Å². The molecule has 0 saturated carbocycles. The van der Waals surface area contributed by atoms with Crippen LogP contribution in [0, 0.1) is 5.82 Å². The van der Waals surface area contributed by atoms with E-state index in [4.69, 9.17) is 4.74 Å². The number of rotatable bonds is 5. The Morgan fingerprint density at radius 3 is 2.96 bits per heavy atom. The van der Waals surface area contributed by atoms with Crippen molar-refractivity contribution in [2.24, 2.45) is 7.05 Å². The Labute approximate surface area is 139 Å². The van der Waals surface area contributed by atoms with Crippen LogP contribution in [0.5, 0.6) is 0 Å².